The van der Waals surface area contributed by atoms with Crippen molar-refractivity contribution in [2.24, 2.45) is 0 Å². The first-order valence-electron chi connectivity index (χ1n) is 3.82. The highest BCUT2D eigenvalue weighted by molar-refractivity contribution is 8.03. The van der Waals surface area contributed by atoms with Crippen LogP contribution in [0.3, 0.4) is 0 Å². The molecule has 1 aromatic rings. The van der Waals surface area contributed by atoms with Crippen LogP contribution in [0.25, 0.3) is 0 Å². The number of allylic oxidation sites excluding steroid dienone is 3. The van der Waals surface area contributed by atoms with Crippen molar-refractivity contribution in [3.05, 3.63) is 54.0 Å². The van der Waals surface area contributed by atoms with E-state index in [-0.39, 0.29) is 0 Å². The van der Waals surface area contributed by atoms with E-state index in [9.17, 15) is 0 Å². The molecule has 64 valence electrons. The summed E-state index contributed by atoms with van der Waals surface area (Å²) in [6.07, 6.45) is 3.33. The zero-order valence-corrected chi connectivity index (χ0v) is 7.92. The van der Waals surface area contributed by atoms with E-state index < -0.39 is 0 Å². The van der Waals surface area contributed by atoms with E-state index in [1.165, 1.54) is 11.8 Å². The number of benzene rings is 1. The molecule has 0 aliphatic rings. The van der Waals surface area contributed by atoms with Gasteiger partial charge >= 0.3 is 0 Å². The smallest absolute Gasteiger partial charge is 0.106 e. The van der Waals surface area contributed by atoms with Crippen LogP contribution < -0.4 is 0 Å². The number of rotatable bonds is 3. The van der Waals surface area contributed by atoms with Gasteiger partial charge in [-0.3, -0.25) is 0 Å². The maximum absolute atomic E-state index is 8.73. The van der Waals surface area contributed by atoms with Gasteiger partial charge in [0.1, 0.15) is 6.07 Å². The Labute approximate surface area is 82.4 Å². The Balaban J connectivity index is 2.75. The maximum Gasteiger partial charge on any atom is 0.106 e. The Bertz CT molecular complexity index is 346. The molecule has 0 aliphatic heterocycles. The van der Waals surface area contributed by atoms with Crippen LogP contribution >= 0.6 is 11.8 Å². The fraction of sp³-hybridized carbons (Fsp3) is 0. The lowest BCUT2D eigenvalue weighted by Gasteiger charge is -1.96. The molecule has 0 saturated heterocycles. The lowest BCUT2D eigenvalue weighted by Crippen LogP contribution is -1.71. The van der Waals surface area contributed by atoms with E-state index in [0.29, 0.717) is 4.91 Å². The van der Waals surface area contributed by atoms with Crippen molar-refractivity contribution in [3.63, 3.8) is 0 Å². The zero-order valence-electron chi connectivity index (χ0n) is 7.10. The van der Waals surface area contributed by atoms with E-state index >= 15 is 0 Å². The van der Waals surface area contributed by atoms with Crippen LogP contribution in [0, 0.1) is 11.3 Å². The van der Waals surface area contributed by atoms with Gasteiger partial charge in [0, 0.05) is 4.90 Å². The summed E-state index contributed by atoms with van der Waals surface area (Å²) in [6, 6.07) is 11.9. The lowest BCUT2D eigenvalue weighted by molar-refractivity contribution is 1.46. The summed E-state index contributed by atoms with van der Waals surface area (Å²) in [6.45, 7) is 3.55. The molecule has 2 heteroatoms. The molecule has 0 radical (unpaired) electrons. The van der Waals surface area contributed by atoms with Crippen molar-refractivity contribution in [3.8, 4) is 6.07 Å². The first-order valence-corrected chi connectivity index (χ1v) is 4.64. The SMILES string of the molecule is C=C/C=C(\C#N)Sc1ccccc1. The third-order valence-corrected chi connectivity index (χ3v) is 2.31. The average molecular weight is 187 g/mol. The molecule has 0 fully saturated rings. The molecule has 0 heterocycles. The van der Waals surface area contributed by atoms with E-state index in [1.54, 1.807) is 12.2 Å². The largest absolute Gasteiger partial charge is 0.192 e. The number of nitrogens with zero attached hydrogens (tertiary/aromatic N) is 1. The molecule has 0 aliphatic carbocycles. The van der Waals surface area contributed by atoms with Crippen molar-refractivity contribution in [1.29, 1.82) is 5.26 Å². The highest BCUT2D eigenvalue weighted by atomic mass is 32.2. The summed E-state index contributed by atoms with van der Waals surface area (Å²) in [5.41, 5.74) is 0. The predicted molar refractivity (Wildman–Crippen MR) is 56.2 cm³/mol. The van der Waals surface area contributed by atoms with Crippen LogP contribution in [0.15, 0.2) is 58.9 Å². The summed E-state index contributed by atoms with van der Waals surface area (Å²) < 4.78 is 0. The first-order chi connectivity index (χ1) is 6.36. The van der Waals surface area contributed by atoms with Crippen LogP contribution in [-0.4, -0.2) is 0 Å². The van der Waals surface area contributed by atoms with Crippen molar-refractivity contribution in [2.45, 2.75) is 4.90 Å². The molecular formula is C11H9NS. The van der Waals surface area contributed by atoms with Crippen LogP contribution in [0.4, 0.5) is 0 Å². The van der Waals surface area contributed by atoms with Crippen LogP contribution in [0.2, 0.25) is 0 Å². The van der Waals surface area contributed by atoms with Gasteiger partial charge in [0.05, 0.1) is 4.91 Å². The highest BCUT2D eigenvalue weighted by Gasteiger charge is 1.96. The van der Waals surface area contributed by atoms with E-state index in [4.69, 9.17) is 5.26 Å². The van der Waals surface area contributed by atoms with Crippen LogP contribution in [0.1, 0.15) is 0 Å². The van der Waals surface area contributed by atoms with Gasteiger partial charge in [-0.15, -0.1) is 0 Å². The predicted octanol–water partition coefficient (Wildman–Crippen LogP) is 3.37. The maximum atomic E-state index is 8.73. The van der Waals surface area contributed by atoms with Crippen molar-refractivity contribution in [2.75, 3.05) is 0 Å². The Morgan fingerprint density at radius 2 is 2.08 bits per heavy atom. The minimum Gasteiger partial charge on any atom is -0.192 e. The molecule has 0 N–H and O–H groups in total. The Morgan fingerprint density at radius 3 is 2.62 bits per heavy atom. The van der Waals surface area contributed by atoms with Gasteiger partial charge < -0.3 is 0 Å². The van der Waals surface area contributed by atoms with Gasteiger partial charge in [0.25, 0.3) is 0 Å². The van der Waals surface area contributed by atoms with Crippen molar-refractivity contribution >= 4 is 11.8 Å². The van der Waals surface area contributed by atoms with Gasteiger partial charge in [-0.05, 0) is 18.2 Å². The van der Waals surface area contributed by atoms with Gasteiger partial charge in [0.2, 0.25) is 0 Å². The third-order valence-electron chi connectivity index (χ3n) is 1.35. The summed E-state index contributed by atoms with van der Waals surface area (Å²) >= 11 is 1.44. The molecular weight excluding hydrogens is 178 g/mol. The highest BCUT2D eigenvalue weighted by Crippen LogP contribution is 2.25. The van der Waals surface area contributed by atoms with Crippen molar-refractivity contribution in [1.82, 2.24) is 0 Å². The Kier molecular flexibility index (Phi) is 3.87. The van der Waals surface area contributed by atoms with Crippen LogP contribution in [0.5, 0.6) is 0 Å². The summed E-state index contributed by atoms with van der Waals surface area (Å²) in [5, 5.41) is 8.73. The quantitative estimate of drug-likeness (QED) is 0.411. The second-order valence-corrected chi connectivity index (χ2v) is 3.41. The molecule has 0 bridgehead atoms. The van der Waals surface area contributed by atoms with Gasteiger partial charge in [0.15, 0.2) is 0 Å². The second kappa shape index (κ2) is 5.23. The molecule has 13 heavy (non-hydrogen) atoms. The monoisotopic (exact) mass is 187 g/mol. The molecule has 0 saturated carbocycles. The summed E-state index contributed by atoms with van der Waals surface area (Å²) in [4.78, 5) is 1.72. The minimum absolute atomic E-state index is 0.654. The number of nitriles is 1. The first kappa shape index (κ1) is 9.63. The number of hydrogen-bond acceptors (Lipinski definition) is 2. The van der Waals surface area contributed by atoms with Crippen LogP contribution in [-0.2, 0) is 0 Å². The molecule has 0 atom stereocenters. The van der Waals surface area contributed by atoms with Crippen molar-refractivity contribution < 1.29 is 0 Å². The van der Waals surface area contributed by atoms with E-state index in [2.05, 4.69) is 12.6 Å². The molecule has 0 amide bonds. The normalized spacial score (nSPS) is 10.5. The number of hydrogen-bond donors (Lipinski definition) is 0. The summed E-state index contributed by atoms with van der Waals surface area (Å²) in [7, 11) is 0. The molecule has 1 rings (SSSR count). The zero-order chi connectivity index (χ0) is 9.52. The van der Waals surface area contributed by atoms with Gasteiger partial charge in [-0.25, -0.2) is 0 Å². The molecule has 0 aromatic heterocycles. The molecule has 0 spiro atoms. The van der Waals surface area contributed by atoms with Gasteiger partial charge in [-0.2, -0.15) is 5.26 Å². The fourth-order valence-electron chi connectivity index (χ4n) is 0.817. The topological polar surface area (TPSA) is 23.8 Å². The Morgan fingerprint density at radius 1 is 1.38 bits per heavy atom. The molecule has 0 unspecified atom stereocenters. The second-order valence-electron chi connectivity index (χ2n) is 2.29. The third kappa shape index (κ3) is 3.18. The molecule has 1 nitrogen and oxygen atoms in total. The molecule has 1 aromatic carbocycles. The van der Waals surface area contributed by atoms with Gasteiger partial charge in [-0.1, -0.05) is 42.6 Å². The lowest BCUT2D eigenvalue weighted by atomic mass is 10.4. The van der Waals surface area contributed by atoms with E-state index in [0.717, 1.165) is 4.90 Å². The number of thioether (sulfide) groups is 1. The van der Waals surface area contributed by atoms with E-state index in [1.807, 2.05) is 30.3 Å². The fourth-order valence-corrected chi connectivity index (χ4v) is 1.57. The average Bonchev–Trinajstić information content (AvgIpc) is 2.19. The summed E-state index contributed by atoms with van der Waals surface area (Å²) in [5.74, 6) is 0. The standard InChI is InChI=1S/C11H9NS/c1-2-6-11(9-12)13-10-7-4-3-5-8-10/h2-8H,1H2/b11-6+. The minimum atomic E-state index is 0.654. The Hall–Kier alpha value is -1.46.